The smallest absolute Gasteiger partial charge is 0.223 e. The molecule has 2 heterocycles. The molecule has 0 bridgehead atoms. The molecule has 2 aliphatic rings. The molecule has 1 aromatic heterocycles. The van der Waals surface area contributed by atoms with Gasteiger partial charge in [-0.15, -0.1) is 0 Å². The molecule has 1 fully saturated rings. The van der Waals surface area contributed by atoms with Crippen molar-refractivity contribution in [2.45, 2.75) is 51.9 Å². The van der Waals surface area contributed by atoms with Crippen molar-refractivity contribution in [2.24, 2.45) is 5.92 Å². The van der Waals surface area contributed by atoms with Gasteiger partial charge >= 0.3 is 0 Å². The number of carbonyl (C=O) groups is 1. The van der Waals surface area contributed by atoms with E-state index in [1.54, 1.807) is 6.07 Å². The van der Waals surface area contributed by atoms with Crippen molar-refractivity contribution in [1.82, 2.24) is 10.3 Å². The average molecular weight is 460 g/mol. The molecule has 4 rings (SSSR count). The normalized spacial score (nSPS) is 20.5. The minimum absolute atomic E-state index is 0.0509. The molecule has 172 valence electrons. The second-order valence-electron chi connectivity index (χ2n) is 8.61. The summed E-state index contributed by atoms with van der Waals surface area (Å²) in [5, 5.41) is 3.01. The molecule has 1 amide bonds. The van der Waals surface area contributed by atoms with Crippen molar-refractivity contribution in [1.29, 1.82) is 0 Å². The van der Waals surface area contributed by atoms with Gasteiger partial charge in [-0.3, -0.25) is 9.78 Å². The summed E-state index contributed by atoms with van der Waals surface area (Å²) in [6, 6.07) is 6.83. The van der Waals surface area contributed by atoms with Crippen LogP contribution in [-0.2, 0) is 32.9 Å². The number of fused-ring (bicyclic) bond motifs is 1. The molecular weight excluding hydrogens is 429 g/mol. The molecule has 2 N–H and O–H groups in total. The first-order valence-corrected chi connectivity index (χ1v) is 12.2. The first kappa shape index (κ1) is 23.0. The molecule has 8 heteroatoms. The first-order valence-electron chi connectivity index (χ1n) is 11.0. The lowest BCUT2D eigenvalue weighted by atomic mass is 9.85. The van der Waals surface area contributed by atoms with Crippen molar-refractivity contribution in [2.75, 3.05) is 24.2 Å². The third kappa shape index (κ3) is 4.63. The molecule has 2 atom stereocenters. The van der Waals surface area contributed by atoms with Gasteiger partial charge in [0.1, 0.15) is 5.82 Å². The van der Waals surface area contributed by atoms with E-state index in [1.807, 2.05) is 39.2 Å². The number of nitrogens with one attached hydrogen (secondary N) is 2. The molecule has 0 spiro atoms. The second kappa shape index (κ2) is 9.37. The van der Waals surface area contributed by atoms with Crippen LogP contribution >= 0.6 is 11.9 Å². The van der Waals surface area contributed by atoms with Crippen molar-refractivity contribution in [3.05, 3.63) is 58.2 Å². The highest BCUT2D eigenvalue weighted by atomic mass is 32.2. The summed E-state index contributed by atoms with van der Waals surface area (Å²) in [6.45, 7) is 6.76. The van der Waals surface area contributed by atoms with Crippen LogP contribution in [0.25, 0.3) is 0 Å². The Bertz CT molecular complexity index is 1010. The van der Waals surface area contributed by atoms with Gasteiger partial charge in [0.15, 0.2) is 0 Å². The minimum Gasteiger partial charge on any atom is -0.349 e. The van der Waals surface area contributed by atoms with Crippen molar-refractivity contribution >= 4 is 23.5 Å². The van der Waals surface area contributed by atoms with Crippen molar-refractivity contribution in [3.63, 3.8) is 0 Å². The van der Waals surface area contributed by atoms with Gasteiger partial charge < -0.3 is 19.5 Å². The van der Waals surface area contributed by atoms with Crippen LogP contribution in [0.2, 0.25) is 0 Å². The van der Waals surface area contributed by atoms with Gasteiger partial charge in [-0.25, -0.2) is 4.39 Å². The number of aromatic nitrogens is 1. The molecule has 0 saturated carbocycles. The maximum absolute atomic E-state index is 14.7. The number of pyridine rings is 1. The molecule has 1 aliphatic carbocycles. The zero-order valence-corrected chi connectivity index (χ0v) is 19.8. The van der Waals surface area contributed by atoms with Crippen molar-refractivity contribution < 1.29 is 18.7 Å². The third-order valence-electron chi connectivity index (χ3n) is 6.32. The molecule has 6 nitrogen and oxygen atoms in total. The van der Waals surface area contributed by atoms with E-state index in [-0.39, 0.29) is 17.6 Å². The first-order chi connectivity index (χ1) is 15.3. The highest BCUT2D eigenvalue weighted by molar-refractivity contribution is 7.99. The Labute approximate surface area is 192 Å². The maximum Gasteiger partial charge on any atom is 0.223 e. The fourth-order valence-corrected chi connectivity index (χ4v) is 4.85. The molecule has 1 aromatic carbocycles. The molecule has 0 radical (unpaired) electrons. The summed E-state index contributed by atoms with van der Waals surface area (Å²) in [6.07, 6.45) is 3.94. The summed E-state index contributed by atoms with van der Waals surface area (Å²) >= 11 is 1.42. The van der Waals surface area contributed by atoms with Crippen LogP contribution < -0.4 is 10.0 Å². The van der Waals surface area contributed by atoms with Crippen LogP contribution in [0.4, 0.5) is 10.1 Å². The van der Waals surface area contributed by atoms with Crippen LogP contribution in [0.3, 0.4) is 0 Å². The number of anilines is 1. The van der Waals surface area contributed by atoms with E-state index in [1.165, 1.54) is 18.0 Å². The number of aryl methyl sites for hydroxylation is 2. The zero-order valence-electron chi connectivity index (χ0n) is 19.0. The molecular formula is C24H30FN3O3S. The number of benzene rings is 1. The monoisotopic (exact) mass is 459 g/mol. The summed E-state index contributed by atoms with van der Waals surface area (Å²) < 4.78 is 29.2. The number of hydrogen-bond donors (Lipinski definition) is 2. The SMILES string of the molecule is CSNc1cc(F)c(C(C)NC(=O)C2CCc3nc(C4(C)OCCO4)ccc3C2)cc1C. The van der Waals surface area contributed by atoms with Crippen molar-refractivity contribution in [3.8, 4) is 0 Å². The maximum atomic E-state index is 14.7. The van der Waals surface area contributed by atoms with E-state index in [2.05, 4.69) is 10.0 Å². The van der Waals surface area contributed by atoms with Gasteiger partial charge in [0, 0.05) is 29.1 Å². The summed E-state index contributed by atoms with van der Waals surface area (Å²) in [5.74, 6) is -1.32. The Kier molecular flexibility index (Phi) is 6.74. The van der Waals surface area contributed by atoms with Gasteiger partial charge in [-0.2, -0.15) is 0 Å². The van der Waals surface area contributed by atoms with E-state index in [4.69, 9.17) is 14.5 Å². The van der Waals surface area contributed by atoms with Gasteiger partial charge in [0.05, 0.1) is 24.9 Å². The standard InChI is InChI=1S/C24H30FN3O3S/c1-14-11-18(19(25)13-21(14)28-32-4)15(2)26-23(29)17-5-7-20-16(12-17)6-8-22(27-20)24(3)30-9-10-31-24/h6,8,11,13,15,17,28H,5,7,9-10,12H2,1-4H3,(H,26,29). The predicted molar refractivity (Wildman–Crippen MR) is 124 cm³/mol. The number of nitrogens with zero attached hydrogens (tertiary/aromatic N) is 1. The predicted octanol–water partition coefficient (Wildman–Crippen LogP) is 4.42. The molecule has 32 heavy (non-hydrogen) atoms. The lowest BCUT2D eigenvalue weighted by molar-refractivity contribution is -0.153. The fraction of sp³-hybridized carbons (Fsp3) is 0.500. The van der Waals surface area contributed by atoms with Crippen LogP contribution in [0.1, 0.15) is 54.4 Å². The van der Waals surface area contributed by atoms with Crippen LogP contribution in [0.5, 0.6) is 0 Å². The lowest BCUT2D eigenvalue weighted by Crippen LogP contribution is -2.36. The Balaban J connectivity index is 1.43. The van der Waals surface area contributed by atoms with Gasteiger partial charge in [-0.05, 0) is 69.4 Å². The highest BCUT2D eigenvalue weighted by Crippen LogP contribution is 2.33. The van der Waals surface area contributed by atoms with E-state index >= 15 is 0 Å². The van der Waals surface area contributed by atoms with E-state index in [9.17, 15) is 9.18 Å². The quantitative estimate of drug-likeness (QED) is 0.623. The third-order valence-corrected chi connectivity index (χ3v) is 6.74. The molecule has 1 saturated heterocycles. The topological polar surface area (TPSA) is 72.5 Å². The number of rotatable bonds is 6. The van der Waals surface area contributed by atoms with Crippen LogP contribution in [0, 0.1) is 18.7 Å². The summed E-state index contributed by atoms with van der Waals surface area (Å²) in [5.41, 5.74) is 5.03. The fourth-order valence-electron chi connectivity index (χ4n) is 4.41. The van der Waals surface area contributed by atoms with E-state index in [0.717, 1.165) is 28.2 Å². The highest BCUT2D eigenvalue weighted by Gasteiger charge is 2.36. The number of hydrogen-bond acceptors (Lipinski definition) is 6. The average Bonchev–Trinajstić information content (AvgIpc) is 3.23. The number of ether oxygens (including phenoxy) is 2. The van der Waals surface area contributed by atoms with E-state index in [0.29, 0.717) is 38.0 Å². The molecule has 2 unspecified atom stereocenters. The summed E-state index contributed by atoms with van der Waals surface area (Å²) in [4.78, 5) is 17.7. The Morgan fingerprint density at radius 1 is 1.31 bits per heavy atom. The Morgan fingerprint density at radius 3 is 2.78 bits per heavy atom. The molecule has 2 aromatic rings. The van der Waals surface area contributed by atoms with Gasteiger partial charge in [0.25, 0.3) is 0 Å². The number of amides is 1. The zero-order chi connectivity index (χ0) is 22.9. The van der Waals surface area contributed by atoms with Gasteiger partial charge in [-0.1, -0.05) is 18.0 Å². The Morgan fingerprint density at radius 2 is 2.06 bits per heavy atom. The summed E-state index contributed by atoms with van der Waals surface area (Å²) in [7, 11) is 0. The largest absolute Gasteiger partial charge is 0.349 e. The minimum atomic E-state index is -0.790. The second-order valence-corrected chi connectivity index (χ2v) is 9.22. The number of carbonyl (C=O) groups excluding carboxylic acids is 1. The van der Waals surface area contributed by atoms with Crippen LogP contribution in [-0.4, -0.2) is 30.4 Å². The van der Waals surface area contributed by atoms with Gasteiger partial charge in [0.2, 0.25) is 11.7 Å². The van der Waals surface area contributed by atoms with Crippen LogP contribution in [0.15, 0.2) is 24.3 Å². The molecule has 1 aliphatic heterocycles. The lowest BCUT2D eigenvalue weighted by Gasteiger charge is -2.27. The Hall–Kier alpha value is -2.16. The van der Waals surface area contributed by atoms with E-state index < -0.39 is 11.8 Å². The number of halogens is 1.